The van der Waals surface area contributed by atoms with E-state index in [1.165, 1.54) is 0 Å². The van der Waals surface area contributed by atoms with Crippen LogP contribution < -0.4 is 5.32 Å². The molecule has 19 heavy (non-hydrogen) atoms. The second kappa shape index (κ2) is 6.58. The van der Waals surface area contributed by atoms with E-state index in [2.05, 4.69) is 39.8 Å². The van der Waals surface area contributed by atoms with E-state index in [1.807, 2.05) is 29.0 Å². The van der Waals surface area contributed by atoms with E-state index >= 15 is 0 Å². The first-order valence-electron chi connectivity index (χ1n) is 5.85. The predicted octanol–water partition coefficient (Wildman–Crippen LogP) is 4.09. The summed E-state index contributed by atoms with van der Waals surface area (Å²) in [5.74, 6) is 0.796. The first-order chi connectivity index (χ1) is 9.11. The lowest BCUT2D eigenvalue weighted by atomic mass is 10.3. The first-order valence-corrected chi connectivity index (χ1v) is 7.31. The summed E-state index contributed by atoms with van der Waals surface area (Å²) < 4.78 is 8.28. The molecule has 1 atom stereocenters. The van der Waals surface area contributed by atoms with Gasteiger partial charge in [0.2, 0.25) is 5.95 Å². The van der Waals surface area contributed by atoms with Gasteiger partial charge in [0.15, 0.2) is 0 Å². The van der Waals surface area contributed by atoms with Gasteiger partial charge in [-0.15, -0.1) is 0 Å². The van der Waals surface area contributed by atoms with Crippen LogP contribution in [0.4, 0.5) is 11.6 Å². The van der Waals surface area contributed by atoms with Crippen molar-refractivity contribution in [3.8, 4) is 0 Å². The number of ether oxygens (including phenoxy) is 1. The molecular formula is C13H15ClIN3O. The summed E-state index contributed by atoms with van der Waals surface area (Å²) in [5, 5.41) is 4.05. The molecule has 0 aliphatic rings. The molecule has 0 radical (unpaired) electrons. The minimum Gasteiger partial charge on any atom is -0.383 e. The van der Waals surface area contributed by atoms with Crippen LogP contribution in [0, 0.1) is 3.57 Å². The summed E-state index contributed by atoms with van der Waals surface area (Å²) >= 11 is 8.20. The van der Waals surface area contributed by atoms with Gasteiger partial charge < -0.3 is 14.6 Å². The maximum atomic E-state index is 5.95. The Morgan fingerprint density at radius 3 is 3.00 bits per heavy atom. The molecule has 4 nitrogen and oxygen atoms in total. The predicted molar refractivity (Wildman–Crippen MR) is 86.3 cm³/mol. The lowest BCUT2D eigenvalue weighted by Gasteiger charge is -2.16. The zero-order chi connectivity index (χ0) is 13.8. The van der Waals surface area contributed by atoms with Gasteiger partial charge in [-0.1, -0.05) is 11.6 Å². The Hall–Kier alpha value is -0.790. The molecule has 0 saturated heterocycles. The minimum absolute atomic E-state index is 0.222. The van der Waals surface area contributed by atoms with E-state index in [0.717, 1.165) is 20.2 Å². The van der Waals surface area contributed by atoms with Gasteiger partial charge in [-0.3, -0.25) is 0 Å². The third kappa shape index (κ3) is 3.61. The highest BCUT2D eigenvalue weighted by Crippen LogP contribution is 2.26. The Kier molecular flexibility index (Phi) is 5.06. The molecule has 0 bridgehead atoms. The molecule has 0 amide bonds. The molecule has 0 spiro atoms. The van der Waals surface area contributed by atoms with Crippen molar-refractivity contribution in [3.63, 3.8) is 0 Å². The summed E-state index contributed by atoms with van der Waals surface area (Å²) in [6.45, 7) is 2.73. The van der Waals surface area contributed by atoms with Gasteiger partial charge in [0.1, 0.15) is 0 Å². The monoisotopic (exact) mass is 391 g/mol. The highest BCUT2D eigenvalue weighted by molar-refractivity contribution is 14.1. The van der Waals surface area contributed by atoms with Crippen LogP contribution in [0.5, 0.6) is 0 Å². The van der Waals surface area contributed by atoms with Crippen molar-refractivity contribution in [1.29, 1.82) is 0 Å². The topological polar surface area (TPSA) is 39.1 Å². The molecule has 0 aliphatic carbocycles. The number of imidazole rings is 1. The lowest BCUT2D eigenvalue weighted by molar-refractivity contribution is 0.163. The lowest BCUT2D eigenvalue weighted by Crippen LogP contribution is -2.13. The second-order valence-electron chi connectivity index (χ2n) is 4.21. The molecular weight excluding hydrogens is 377 g/mol. The molecule has 1 aromatic heterocycles. The summed E-state index contributed by atoms with van der Waals surface area (Å²) in [4.78, 5) is 4.34. The molecule has 6 heteroatoms. The SMILES string of the molecule is COCC(C)n1ccnc1Nc1ccc(Cl)cc1I. The maximum Gasteiger partial charge on any atom is 0.207 e. The van der Waals surface area contributed by atoms with E-state index in [0.29, 0.717) is 6.61 Å². The largest absolute Gasteiger partial charge is 0.383 e. The number of methoxy groups -OCH3 is 1. The fourth-order valence-electron chi connectivity index (χ4n) is 1.80. The van der Waals surface area contributed by atoms with Crippen molar-refractivity contribution in [2.75, 3.05) is 19.0 Å². The van der Waals surface area contributed by atoms with Crippen LogP contribution in [-0.4, -0.2) is 23.3 Å². The Labute approximate surface area is 131 Å². The van der Waals surface area contributed by atoms with Crippen LogP contribution in [0.25, 0.3) is 0 Å². The number of benzene rings is 1. The number of rotatable bonds is 5. The highest BCUT2D eigenvalue weighted by Gasteiger charge is 2.11. The quantitative estimate of drug-likeness (QED) is 0.780. The number of nitrogens with zero attached hydrogens (tertiary/aromatic N) is 2. The van der Waals surface area contributed by atoms with Crippen molar-refractivity contribution in [1.82, 2.24) is 9.55 Å². The smallest absolute Gasteiger partial charge is 0.207 e. The zero-order valence-corrected chi connectivity index (χ0v) is 13.6. The number of aromatic nitrogens is 2. The molecule has 1 heterocycles. The third-order valence-corrected chi connectivity index (χ3v) is 3.86. The van der Waals surface area contributed by atoms with Crippen molar-refractivity contribution in [2.24, 2.45) is 0 Å². The Morgan fingerprint density at radius 1 is 1.53 bits per heavy atom. The van der Waals surface area contributed by atoms with E-state index < -0.39 is 0 Å². The van der Waals surface area contributed by atoms with Crippen molar-refractivity contribution in [2.45, 2.75) is 13.0 Å². The van der Waals surface area contributed by atoms with Gasteiger partial charge in [0.25, 0.3) is 0 Å². The van der Waals surface area contributed by atoms with E-state index in [9.17, 15) is 0 Å². The van der Waals surface area contributed by atoms with Crippen molar-refractivity contribution in [3.05, 3.63) is 39.2 Å². The number of nitrogens with one attached hydrogen (secondary N) is 1. The number of halogens is 2. The molecule has 0 fully saturated rings. The minimum atomic E-state index is 0.222. The normalized spacial score (nSPS) is 12.4. The highest BCUT2D eigenvalue weighted by atomic mass is 127. The van der Waals surface area contributed by atoms with Crippen LogP contribution in [0.15, 0.2) is 30.6 Å². The van der Waals surface area contributed by atoms with Gasteiger partial charge in [-0.05, 0) is 47.7 Å². The summed E-state index contributed by atoms with van der Waals surface area (Å²) in [5.41, 5.74) is 0.988. The molecule has 2 aromatic rings. The van der Waals surface area contributed by atoms with Crippen molar-refractivity contribution >= 4 is 45.8 Å². The standard InChI is InChI=1S/C13H15ClIN3O/c1-9(8-19-2)18-6-5-16-13(18)17-12-4-3-10(14)7-11(12)15/h3-7,9H,8H2,1-2H3,(H,16,17). The van der Waals surface area contributed by atoms with Gasteiger partial charge >= 0.3 is 0 Å². The van der Waals surface area contributed by atoms with E-state index in [1.54, 1.807) is 13.3 Å². The Bertz CT molecular complexity index is 559. The van der Waals surface area contributed by atoms with E-state index in [-0.39, 0.29) is 6.04 Å². The van der Waals surface area contributed by atoms with Gasteiger partial charge in [-0.2, -0.15) is 0 Å². The van der Waals surface area contributed by atoms with Crippen molar-refractivity contribution < 1.29 is 4.74 Å². The van der Waals surface area contributed by atoms with Gasteiger partial charge in [-0.25, -0.2) is 4.98 Å². The molecule has 1 N–H and O–H groups in total. The number of anilines is 2. The average molecular weight is 392 g/mol. The van der Waals surface area contributed by atoms with Gasteiger partial charge in [0.05, 0.1) is 18.3 Å². The summed E-state index contributed by atoms with van der Waals surface area (Å²) in [6.07, 6.45) is 3.71. The molecule has 2 rings (SSSR count). The van der Waals surface area contributed by atoms with Crippen LogP contribution in [-0.2, 0) is 4.74 Å². The molecule has 0 saturated carbocycles. The average Bonchev–Trinajstić information content (AvgIpc) is 2.81. The molecule has 0 aliphatic heterocycles. The first kappa shape index (κ1) is 14.6. The molecule has 102 valence electrons. The second-order valence-corrected chi connectivity index (χ2v) is 5.81. The van der Waals surface area contributed by atoms with Crippen LogP contribution >= 0.6 is 34.2 Å². The Morgan fingerprint density at radius 2 is 2.32 bits per heavy atom. The van der Waals surface area contributed by atoms with Gasteiger partial charge in [0, 0.05) is 28.1 Å². The maximum absolute atomic E-state index is 5.95. The molecule has 1 aromatic carbocycles. The third-order valence-electron chi connectivity index (χ3n) is 2.73. The Balaban J connectivity index is 2.21. The summed E-state index contributed by atoms with van der Waals surface area (Å²) in [6, 6.07) is 5.94. The molecule has 1 unspecified atom stereocenters. The van der Waals surface area contributed by atoms with Crippen LogP contribution in [0.2, 0.25) is 5.02 Å². The van der Waals surface area contributed by atoms with Crippen LogP contribution in [0.1, 0.15) is 13.0 Å². The van der Waals surface area contributed by atoms with Crippen LogP contribution in [0.3, 0.4) is 0 Å². The van der Waals surface area contributed by atoms with E-state index in [4.69, 9.17) is 16.3 Å². The number of hydrogen-bond acceptors (Lipinski definition) is 3. The number of hydrogen-bond donors (Lipinski definition) is 1. The zero-order valence-electron chi connectivity index (χ0n) is 10.7. The fourth-order valence-corrected chi connectivity index (χ4v) is 2.80. The fraction of sp³-hybridized carbons (Fsp3) is 0.308. The summed E-state index contributed by atoms with van der Waals surface area (Å²) in [7, 11) is 1.70.